The number of guanidine groups is 1. The molecule has 1 atom stereocenters. The highest BCUT2D eigenvalue weighted by Gasteiger charge is 2.19. The predicted molar refractivity (Wildman–Crippen MR) is 115 cm³/mol. The van der Waals surface area contributed by atoms with Crippen molar-refractivity contribution in [2.75, 3.05) is 0 Å². The fraction of sp³-hybridized carbons (Fsp3) is 0.625. The van der Waals surface area contributed by atoms with Gasteiger partial charge in [-0.05, 0) is 50.7 Å². The van der Waals surface area contributed by atoms with Gasteiger partial charge in [0.15, 0.2) is 5.96 Å². The molecular formula is C24H35N3. The van der Waals surface area contributed by atoms with Crippen molar-refractivity contribution in [1.29, 1.82) is 0 Å². The third-order valence-electron chi connectivity index (χ3n) is 6.41. The number of rotatable bonds is 3. The Labute approximate surface area is 164 Å². The predicted octanol–water partition coefficient (Wildman–Crippen LogP) is 5.53. The van der Waals surface area contributed by atoms with Crippen LogP contribution in [-0.4, -0.2) is 18.0 Å². The van der Waals surface area contributed by atoms with Crippen LogP contribution in [0, 0.1) is 5.92 Å². The van der Waals surface area contributed by atoms with Gasteiger partial charge in [-0.25, -0.2) is 4.99 Å². The SMILES string of the molecule is C1=CC(NC(=NC2CCCCC2)NC2CCCCC2)=CC2C=CCCC2=C1. The highest BCUT2D eigenvalue weighted by Crippen LogP contribution is 2.28. The number of fused-ring (bicyclic) bond motifs is 1. The molecule has 146 valence electrons. The molecule has 0 saturated heterocycles. The molecule has 0 aliphatic heterocycles. The lowest BCUT2D eigenvalue weighted by atomic mass is 9.89. The molecule has 0 radical (unpaired) electrons. The Morgan fingerprint density at radius 3 is 2.56 bits per heavy atom. The average molecular weight is 366 g/mol. The number of allylic oxidation sites excluding steroid dienone is 7. The second kappa shape index (κ2) is 9.43. The molecule has 3 heteroatoms. The Balaban J connectivity index is 1.49. The summed E-state index contributed by atoms with van der Waals surface area (Å²) in [6.45, 7) is 0. The number of hydrogen-bond donors (Lipinski definition) is 2. The maximum atomic E-state index is 5.14. The summed E-state index contributed by atoms with van der Waals surface area (Å²) in [6, 6.07) is 1.06. The first kappa shape index (κ1) is 18.6. The van der Waals surface area contributed by atoms with Crippen molar-refractivity contribution in [3.05, 3.63) is 47.7 Å². The third-order valence-corrected chi connectivity index (χ3v) is 6.41. The molecule has 4 aliphatic carbocycles. The minimum absolute atomic E-state index is 0.432. The molecule has 0 amide bonds. The summed E-state index contributed by atoms with van der Waals surface area (Å²) < 4.78 is 0. The van der Waals surface area contributed by atoms with Crippen molar-refractivity contribution >= 4 is 5.96 Å². The lowest BCUT2D eigenvalue weighted by Crippen LogP contribution is -2.44. The van der Waals surface area contributed by atoms with Gasteiger partial charge in [-0.2, -0.15) is 0 Å². The minimum Gasteiger partial charge on any atom is -0.353 e. The van der Waals surface area contributed by atoms with Crippen LogP contribution in [0.15, 0.2) is 52.7 Å². The minimum atomic E-state index is 0.432. The maximum Gasteiger partial charge on any atom is 0.196 e. The van der Waals surface area contributed by atoms with Gasteiger partial charge in [-0.3, -0.25) is 0 Å². The normalized spacial score (nSPS) is 27.4. The third kappa shape index (κ3) is 5.37. The van der Waals surface area contributed by atoms with Crippen molar-refractivity contribution in [3.63, 3.8) is 0 Å². The van der Waals surface area contributed by atoms with Gasteiger partial charge >= 0.3 is 0 Å². The lowest BCUT2D eigenvalue weighted by Gasteiger charge is -2.27. The molecule has 2 saturated carbocycles. The van der Waals surface area contributed by atoms with Crippen LogP contribution in [0.2, 0.25) is 0 Å². The summed E-state index contributed by atoms with van der Waals surface area (Å²) in [7, 11) is 0. The first-order valence-corrected chi connectivity index (χ1v) is 11.2. The summed E-state index contributed by atoms with van der Waals surface area (Å²) in [4.78, 5) is 5.14. The Morgan fingerprint density at radius 1 is 0.963 bits per heavy atom. The van der Waals surface area contributed by atoms with Crippen LogP contribution in [0.3, 0.4) is 0 Å². The van der Waals surface area contributed by atoms with Crippen LogP contribution in [0.5, 0.6) is 0 Å². The van der Waals surface area contributed by atoms with Gasteiger partial charge in [0, 0.05) is 17.7 Å². The molecule has 0 spiro atoms. The second-order valence-corrected chi connectivity index (χ2v) is 8.59. The van der Waals surface area contributed by atoms with Crippen LogP contribution < -0.4 is 10.6 Å². The zero-order valence-electron chi connectivity index (χ0n) is 16.6. The monoisotopic (exact) mass is 365 g/mol. The van der Waals surface area contributed by atoms with E-state index in [9.17, 15) is 0 Å². The van der Waals surface area contributed by atoms with Crippen LogP contribution in [-0.2, 0) is 0 Å². The molecule has 1 unspecified atom stereocenters. The molecule has 2 fully saturated rings. The zero-order chi connectivity index (χ0) is 18.3. The van der Waals surface area contributed by atoms with Gasteiger partial charge in [0.2, 0.25) is 0 Å². The topological polar surface area (TPSA) is 36.4 Å². The molecule has 0 aromatic rings. The molecule has 0 aromatic heterocycles. The Kier molecular flexibility index (Phi) is 6.49. The fourth-order valence-corrected chi connectivity index (χ4v) is 4.82. The molecule has 27 heavy (non-hydrogen) atoms. The Hall–Kier alpha value is -1.77. The summed E-state index contributed by atoms with van der Waals surface area (Å²) in [5, 5.41) is 7.44. The van der Waals surface area contributed by atoms with Gasteiger partial charge < -0.3 is 10.6 Å². The highest BCUT2D eigenvalue weighted by molar-refractivity contribution is 5.82. The van der Waals surface area contributed by atoms with E-state index in [4.69, 9.17) is 4.99 Å². The van der Waals surface area contributed by atoms with Gasteiger partial charge in [0.05, 0.1) is 6.04 Å². The van der Waals surface area contributed by atoms with Gasteiger partial charge in [0.25, 0.3) is 0 Å². The van der Waals surface area contributed by atoms with Crippen molar-refractivity contribution in [2.24, 2.45) is 10.9 Å². The van der Waals surface area contributed by atoms with E-state index in [2.05, 4.69) is 47.1 Å². The van der Waals surface area contributed by atoms with Crippen molar-refractivity contribution in [1.82, 2.24) is 10.6 Å². The van der Waals surface area contributed by atoms with E-state index in [1.165, 1.54) is 88.3 Å². The van der Waals surface area contributed by atoms with E-state index in [-0.39, 0.29) is 0 Å². The molecule has 4 rings (SSSR count). The quantitative estimate of drug-likeness (QED) is 0.392. The van der Waals surface area contributed by atoms with E-state index in [0.717, 1.165) is 5.96 Å². The Bertz CT molecular complexity index is 641. The number of nitrogens with one attached hydrogen (secondary N) is 2. The standard InChI is InChI=1S/C24H35N3/c1-3-13-21(14-4-1)25-24(26-22-15-5-2-6-16-22)27-23-17-9-12-19-10-7-8-11-20(19)18-23/h8-9,11-12,17-18,20-22H,1-7,10,13-16H2,(H2,25,26,27). The molecule has 3 nitrogen and oxygen atoms in total. The van der Waals surface area contributed by atoms with Crippen LogP contribution in [0.1, 0.15) is 77.0 Å². The van der Waals surface area contributed by atoms with Gasteiger partial charge in [-0.1, -0.05) is 68.4 Å². The summed E-state index contributed by atoms with van der Waals surface area (Å²) >= 11 is 0. The van der Waals surface area contributed by atoms with Crippen molar-refractivity contribution < 1.29 is 0 Å². The lowest BCUT2D eigenvalue weighted by molar-refractivity contribution is 0.406. The first-order valence-electron chi connectivity index (χ1n) is 11.2. The van der Waals surface area contributed by atoms with E-state index in [0.29, 0.717) is 18.0 Å². The fourth-order valence-electron chi connectivity index (χ4n) is 4.82. The molecule has 0 aromatic carbocycles. The number of nitrogens with zero attached hydrogens (tertiary/aromatic N) is 1. The summed E-state index contributed by atoms with van der Waals surface area (Å²) in [5.74, 6) is 1.44. The maximum absolute atomic E-state index is 5.14. The Morgan fingerprint density at radius 2 is 1.74 bits per heavy atom. The highest BCUT2D eigenvalue weighted by atomic mass is 15.2. The largest absolute Gasteiger partial charge is 0.353 e. The smallest absolute Gasteiger partial charge is 0.196 e. The zero-order valence-corrected chi connectivity index (χ0v) is 16.6. The van der Waals surface area contributed by atoms with Gasteiger partial charge in [-0.15, -0.1) is 0 Å². The molecule has 0 heterocycles. The molecule has 0 bridgehead atoms. The average Bonchev–Trinajstić information content (AvgIpc) is 2.91. The van der Waals surface area contributed by atoms with Crippen LogP contribution >= 0.6 is 0 Å². The van der Waals surface area contributed by atoms with Gasteiger partial charge in [0.1, 0.15) is 0 Å². The summed E-state index contributed by atoms with van der Waals surface area (Å²) in [5.41, 5.74) is 2.70. The second-order valence-electron chi connectivity index (χ2n) is 8.59. The molecule has 4 aliphatic rings. The molecule has 2 N–H and O–H groups in total. The van der Waals surface area contributed by atoms with Crippen LogP contribution in [0.4, 0.5) is 0 Å². The van der Waals surface area contributed by atoms with E-state index in [1.54, 1.807) is 0 Å². The van der Waals surface area contributed by atoms with E-state index in [1.807, 2.05) is 0 Å². The van der Waals surface area contributed by atoms with Crippen molar-refractivity contribution in [2.45, 2.75) is 89.1 Å². The van der Waals surface area contributed by atoms with Crippen LogP contribution in [0.25, 0.3) is 0 Å². The van der Waals surface area contributed by atoms with E-state index >= 15 is 0 Å². The number of hydrogen-bond acceptors (Lipinski definition) is 1. The summed E-state index contributed by atoms with van der Waals surface area (Å²) in [6.07, 6.45) is 29.2. The molecular weight excluding hydrogens is 330 g/mol. The van der Waals surface area contributed by atoms with E-state index < -0.39 is 0 Å². The van der Waals surface area contributed by atoms with Crippen molar-refractivity contribution in [3.8, 4) is 0 Å². The first-order chi connectivity index (χ1) is 13.4. The number of aliphatic imine (C=N–C) groups is 1.